The summed E-state index contributed by atoms with van der Waals surface area (Å²) in [6.45, 7) is 7.55. The van der Waals surface area contributed by atoms with Crippen LogP contribution in [0.15, 0.2) is 40.4 Å². The highest BCUT2D eigenvalue weighted by atomic mass is 15.1. The molecule has 0 amide bonds. The van der Waals surface area contributed by atoms with Crippen molar-refractivity contribution in [2.45, 2.75) is 40.0 Å². The maximum Gasteiger partial charge on any atom is 0.0389 e. The smallest absolute Gasteiger partial charge is 0.0389 e. The van der Waals surface area contributed by atoms with Crippen LogP contribution in [0.3, 0.4) is 0 Å². The Morgan fingerprint density at radius 1 is 1.23 bits per heavy atom. The molecule has 2 rings (SSSR count). The maximum absolute atomic E-state index is 4.62. The lowest BCUT2D eigenvalue weighted by molar-refractivity contribution is 0.810. The molecule has 0 spiro atoms. The summed E-state index contributed by atoms with van der Waals surface area (Å²) < 4.78 is 0. The summed E-state index contributed by atoms with van der Waals surface area (Å²) >= 11 is 0. The Morgan fingerprint density at radius 3 is 2.59 bits per heavy atom. The predicted octanol–water partition coefficient (Wildman–Crippen LogP) is 5.10. The topological polar surface area (TPSA) is 15.6 Å². The first-order valence-electron chi connectivity index (χ1n) is 8.23. The van der Waals surface area contributed by atoms with Gasteiger partial charge in [-0.2, -0.15) is 0 Å². The van der Waals surface area contributed by atoms with Crippen molar-refractivity contribution in [2.75, 3.05) is 25.5 Å². The summed E-state index contributed by atoms with van der Waals surface area (Å²) in [4.78, 5) is 6.77. The molecule has 0 saturated carbocycles. The van der Waals surface area contributed by atoms with E-state index < -0.39 is 0 Å². The number of benzene rings is 1. The first-order chi connectivity index (χ1) is 10.5. The van der Waals surface area contributed by atoms with Gasteiger partial charge in [0.05, 0.1) is 0 Å². The minimum atomic E-state index is 0.914. The van der Waals surface area contributed by atoms with Crippen LogP contribution in [0.5, 0.6) is 0 Å². The number of nitrogens with zero attached hydrogens (tertiary/aromatic N) is 2. The second-order valence-corrected chi connectivity index (χ2v) is 6.25. The van der Waals surface area contributed by atoms with Gasteiger partial charge in [0.1, 0.15) is 0 Å². The standard InChI is InChI=1S/C20H28N2/c1-6-7-12-21-14-17-13-18(22(4)5)9-11-20(17)19-10-8-15(2)16(19)3/h8-9,11,13-14H,6-7,10,12H2,1-5H3. The highest BCUT2D eigenvalue weighted by molar-refractivity contribution is 5.92. The zero-order valence-corrected chi connectivity index (χ0v) is 14.6. The fourth-order valence-corrected chi connectivity index (χ4v) is 2.73. The van der Waals surface area contributed by atoms with Gasteiger partial charge >= 0.3 is 0 Å². The van der Waals surface area contributed by atoms with Crippen molar-refractivity contribution in [3.8, 4) is 0 Å². The molecule has 22 heavy (non-hydrogen) atoms. The molecule has 0 N–H and O–H groups in total. The highest BCUT2D eigenvalue weighted by Crippen LogP contribution is 2.35. The van der Waals surface area contributed by atoms with Crippen LogP contribution in [0.4, 0.5) is 5.69 Å². The number of anilines is 1. The monoisotopic (exact) mass is 296 g/mol. The Kier molecular flexibility index (Phi) is 5.59. The van der Waals surface area contributed by atoms with Crippen molar-refractivity contribution >= 4 is 17.5 Å². The Hall–Kier alpha value is -1.83. The van der Waals surface area contributed by atoms with Gasteiger partial charge in [-0.25, -0.2) is 0 Å². The third-order valence-electron chi connectivity index (χ3n) is 4.40. The second kappa shape index (κ2) is 7.44. The number of aliphatic imine (C=N–C) groups is 1. The van der Waals surface area contributed by atoms with Gasteiger partial charge in [-0.05, 0) is 55.5 Å². The molecule has 1 aromatic rings. The van der Waals surface area contributed by atoms with E-state index in [1.165, 1.54) is 40.0 Å². The van der Waals surface area contributed by atoms with E-state index >= 15 is 0 Å². The molecule has 0 heterocycles. The molecule has 1 aliphatic rings. The quantitative estimate of drug-likeness (QED) is 0.527. The minimum absolute atomic E-state index is 0.914. The third-order valence-corrected chi connectivity index (χ3v) is 4.40. The molecule has 0 fully saturated rings. The molecule has 1 aliphatic carbocycles. The molecule has 118 valence electrons. The zero-order chi connectivity index (χ0) is 16.1. The van der Waals surface area contributed by atoms with Crippen LogP contribution in [0, 0.1) is 0 Å². The fraction of sp³-hybridized carbons (Fsp3) is 0.450. The lowest BCUT2D eigenvalue weighted by Crippen LogP contribution is -2.09. The van der Waals surface area contributed by atoms with E-state index in [9.17, 15) is 0 Å². The summed E-state index contributed by atoms with van der Waals surface area (Å²) in [6.07, 6.45) is 7.76. The largest absolute Gasteiger partial charge is 0.378 e. The van der Waals surface area contributed by atoms with Crippen LogP contribution in [-0.4, -0.2) is 26.9 Å². The number of rotatable bonds is 6. The van der Waals surface area contributed by atoms with E-state index in [0.29, 0.717) is 0 Å². The SMILES string of the molecule is CCCCN=Cc1cc(N(C)C)ccc1C1=C(C)C(C)=CC1. The maximum atomic E-state index is 4.62. The second-order valence-electron chi connectivity index (χ2n) is 6.25. The minimum Gasteiger partial charge on any atom is -0.378 e. The lowest BCUT2D eigenvalue weighted by atomic mass is 9.95. The van der Waals surface area contributed by atoms with Crippen molar-refractivity contribution in [2.24, 2.45) is 4.99 Å². The van der Waals surface area contributed by atoms with E-state index in [2.05, 4.69) is 75.2 Å². The van der Waals surface area contributed by atoms with Gasteiger partial charge in [-0.15, -0.1) is 0 Å². The highest BCUT2D eigenvalue weighted by Gasteiger charge is 2.15. The van der Waals surface area contributed by atoms with Gasteiger partial charge in [0.2, 0.25) is 0 Å². The first-order valence-corrected chi connectivity index (χ1v) is 8.23. The van der Waals surface area contributed by atoms with E-state index in [0.717, 1.165) is 19.4 Å². The van der Waals surface area contributed by atoms with Crippen LogP contribution in [0.1, 0.15) is 51.2 Å². The fourth-order valence-electron chi connectivity index (χ4n) is 2.73. The summed E-state index contributed by atoms with van der Waals surface area (Å²) in [5.74, 6) is 0. The molecule has 2 heteroatoms. The zero-order valence-electron chi connectivity index (χ0n) is 14.6. The van der Waals surface area contributed by atoms with Crippen LogP contribution >= 0.6 is 0 Å². The summed E-state index contributed by atoms with van der Waals surface area (Å²) in [5, 5.41) is 0. The summed E-state index contributed by atoms with van der Waals surface area (Å²) in [7, 11) is 4.16. The average Bonchev–Trinajstić information content (AvgIpc) is 2.83. The molecule has 0 saturated heterocycles. The van der Waals surface area contributed by atoms with Crippen molar-refractivity contribution in [1.82, 2.24) is 0 Å². The number of unbranched alkanes of at least 4 members (excludes halogenated alkanes) is 1. The van der Waals surface area contributed by atoms with Crippen LogP contribution in [0.25, 0.3) is 5.57 Å². The third kappa shape index (κ3) is 3.68. The molecule has 2 nitrogen and oxygen atoms in total. The van der Waals surface area contributed by atoms with Gasteiger partial charge in [-0.1, -0.05) is 31.1 Å². The molecule has 0 unspecified atom stereocenters. The number of hydrogen-bond donors (Lipinski definition) is 0. The van der Waals surface area contributed by atoms with E-state index in [4.69, 9.17) is 0 Å². The van der Waals surface area contributed by atoms with E-state index in [1.54, 1.807) is 0 Å². The molecular weight excluding hydrogens is 268 g/mol. The van der Waals surface area contributed by atoms with E-state index in [-0.39, 0.29) is 0 Å². The van der Waals surface area contributed by atoms with Crippen molar-refractivity contribution in [3.05, 3.63) is 46.5 Å². The van der Waals surface area contributed by atoms with Gasteiger partial charge in [0, 0.05) is 38.1 Å². The predicted molar refractivity (Wildman–Crippen MR) is 99.1 cm³/mol. The first kappa shape index (κ1) is 16.5. The van der Waals surface area contributed by atoms with Gasteiger partial charge in [0.15, 0.2) is 0 Å². The van der Waals surface area contributed by atoms with Crippen LogP contribution in [-0.2, 0) is 0 Å². The Bertz CT molecular complexity index is 619. The normalized spacial score (nSPS) is 14.9. The van der Waals surface area contributed by atoms with Crippen LogP contribution in [0.2, 0.25) is 0 Å². The molecule has 0 radical (unpaired) electrons. The van der Waals surface area contributed by atoms with Crippen molar-refractivity contribution in [1.29, 1.82) is 0 Å². The Morgan fingerprint density at radius 2 is 2.00 bits per heavy atom. The molecular formula is C20H28N2. The summed E-state index contributed by atoms with van der Waals surface area (Å²) in [6, 6.07) is 6.70. The molecule has 0 aliphatic heterocycles. The molecule has 0 aromatic heterocycles. The van der Waals surface area contributed by atoms with Crippen molar-refractivity contribution < 1.29 is 0 Å². The van der Waals surface area contributed by atoms with Gasteiger partial charge < -0.3 is 4.90 Å². The summed E-state index contributed by atoms with van der Waals surface area (Å²) in [5.41, 5.74) is 8.05. The Labute approximate surface area is 135 Å². The number of allylic oxidation sites excluding steroid dienone is 4. The number of hydrogen-bond acceptors (Lipinski definition) is 2. The average molecular weight is 296 g/mol. The Balaban J connectivity index is 2.38. The molecule has 0 bridgehead atoms. The van der Waals surface area contributed by atoms with Gasteiger partial charge in [-0.3, -0.25) is 4.99 Å². The lowest BCUT2D eigenvalue weighted by Gasteiger charge is -2.16. The molecule has 1 aromatic carbocycles. The van der Waals surface area contributed by atoms with Crippen molar-refractivity contribution in [3.63, 3.8) is 0 Å². The van der Waals surface area contributed by atoms with Gasteiger partial charge in [0.25, 0.3) is 0 Å². The van der Waals surface area contributed by atoms with E-state index in [1.807, 2.05) is 0 Å². The van der Waals surface area contributed by atoms with Crippen LogP contribution < -0.4 is 4.90 Å². The molecule has 0 atom stereocenters.